The first-order chi connectivity index (χ1) is 11.1. The van der Waals surface area contributed by atoms with Crippen molar-refractivity contribution >= 4 is 11.9 Å². The smallest absolute Gasteiger partial charge is 0.320 e. The predicted molar refractivity (Wildman–Crippen MR) is 83.1 cm³/mol. The number of aliphatic carboxylic acids is 1. The quantitative estimate of drug-likeness (QED) is 0.752. The fourth-order valence-corrected chi connectivity index (χ4v) is 2.85. The van der Waals surface area contributed by atoms with Crippen LogP contribution in [-0.2, 0) is 17.6 Å². The summed E-state index contributed by atoms with van der Waals surface area (Å²) >= 11 is 0. The average molecular weight is 314 g/mol. The molecule has 2 heterocycles. The molecule has 4 N–H and O–H groups in total. The number of fused-ring (bicyclic) bond motifs is 1. The normalized spacial score (nSPS) is 18.2. The van der Waals surface area contributed by atoms with Gasteiger partial charge < -0.3 is 16.2 Å². The van der Waals surface area contributed by atoms with E-state index in [0.717, 1.165) is 17.5 Å². The molecule has 2 aromatic rings. The van der Waals surface area contributed by atoms with Crippen molar-refractivity contribution in [1.82, 2.24) is 14.9 Å². The number of nitrogens with one attached hydrogen (secondary N) is 1. The Morgan fingerprint density at radius 3 is 3.00 bits per heavy atom. The summed E-state index contributed by atoms with van der Waals surface area (Å²) in [5.41, 5.74) is 8.16. The molecule has 1 aromatic heterocycles. The van der Waals surface area contributed by atoms with Gasteiger partial charge in [0, 0.05) is 24.9 Å². The van der Waals surface area contributed by atoms with Crippen LogP contribution in [0.4, 0.5) is 0 Å². The highest BCUT2D eigenvalue weighted by Crippen LogP contribution is 2.24. The predicted octanol–water partition coefficient (Wildman–Crippen LogP) is 0.365. The van der Waals surface area contributed by atoms with E-state index >= 15 is 0 Å². The second kappa shape index (κ2) is 6.31. The minimum Gasteiger partial charge on any atom is -0.480 e. The van der Waals surface area contributed by atoms with Crippen molar-refractivity contribution in [2.45, 2.75) is 24.9 Å². The molecular weight excluding hydrogens is 296 g/mol. The van der Waals surface area contributed by atoms with Crippen LogP contribution in [0.15, 0.2) is 36.8 Å². The molecule has 1 aliphatic rings. The Morgan fingerprint density at radius 1 is 1.43 bits per heavy atom. The number of rotatable bonds is 4. The van der Waals surface area contributed by atoms with Crippen molar-refractivity contribution in [3.05, 3.63) is 53.6 Å². The summed E-state index contributed by atoms with van der Waals surface area (Å²) in [7, 11) is 0. The lowest BCUT2D eigenvalue weighted by atomic mass is 9.94. The Hall–Kier alpha value is -2.51. The number of aromatic nitrogens is 2. The van der Waals surface area contributed by atoms with E-state index in [1.807, 2.05) is 24.3 Å². The van der Waals surface area contributed by atoms with Gasteiger partial charge in [0.2, 0.25) is 0 Å². The van der Waals surface area contributed by atoms with Gasteiger partial charge >= 0.3 is 5.97 Å². The Labute approximate surface area is 133 Å². The van der Waals surface area contributed by atoms with Crippen LogP contribution in [0, 0.1) is 0 Å². The maximum Gasteiger partial charge on any atom is 0.320 e. The molecule has 0 saturated carbocycles. The molecule has 7 heteroatoms. The molecule has 2 unspecified atom stereocenters. The zero-order valence-corrected chi connectivity index (χ0v) is 12.5. The zero-order valence-electron chi connectivity index (χ0n) is 12.5. The first kappa shape index (κ1) is 15.4. The second-order valence-corrected chi connectivity index (χ2v) is 5.58. The zero-order chi connectivity index (χ0) is 16.4. The molecule has 0 amide bonds. The standard InChI is InChI=1S/C16H18N4O3/c17-13(16(22)23)7-11-8-18-9-20(11)15(21)14-12-4-2-1-3-10(12)5-6-19-14/h1-4,8-9,13-14,19H,5-7,17H2,(H,22,23). The molecule has 3 rings (SSSR count). The van der Waals surface area contributed by atoms with Crippen LogP contribution in [0.5, 0.6) is 0 Å². The minimum atomic E-state index is -1.11. The summed E-state index contributed by atoms with van der Waals surface area (Å²) in [5.74, 6) is -1.28. The van der Waals surface area contributed by atoms with E-state index in [-0.39, 0.29) is 12.3 Å². The van der Waals surface area contributed by atoms with Gasteiger partial charge in [-0.15, -0.1) is 0 Å². The van der Waals surface area contributed by atoms with E-state index in [1.165, 1.54) is 17.1 Å². The SMILES string of the molecule is NC(Cc1cncn1C(=O)C1NCCc2ccccc21)C(=O)O. The molecular formula is C16H18N4O3. The number of hydrogen-bond donors (Lipinski definition) is 3. The molecule has 1 aliphatic heterocycles. The first-order valence-electron chi connectivity index (χ1n) is 7.43. The third kappa shape index (κ3) is 3.01. The number of carboxylic acids is 1. The van der Waals surface area contributed by atoms with Crippen molar-refractivity contribution in [1.29, 1.82) is 0 Å². The van der Waals surface area contributed by atoms with E-state index in [1.54, 1.807) is 0 Å². The number of carboxylic acid groups (broad SMARTS) is 1. The van der Waals surface area contributed by atoms with Gasteiger partial charge in [0.1, 0.15) is 18.4 Å². The third-order valence-electron chi connectivity index (χ3n) is 4.05. The summed E-state index contributed by atoms with van der Waals surface area (Å²) in [6.45, 7) is 0.714. The van der Waals surface area contributed by atoms with Crippen LogP contribution in [0.2, 0.25) is 0 Å². The van der Waals surface area contributed by atoms with Crippen LogP contribution in [-0.4, -0.2) is 39.1 Å². The average Bonchev–Trinajstić information content (AvgIpc) is 3.01. The van der Waals surface area contributed by atoms with Gasteiger partial charge in [-0.2, -0.15) is 0 Å². The fraction of sp³-hybridized carbons (Fsp3) is 0.312. The molecule has 2 atom stereocenters. The number of carbonyl (C=O) groups is 2. The van der Waals surface area contributed by atoms with Crippen LogP contribution in [0.1, 0.15) is 27.7 Å². The molecule has 0 bridgehead atoms. The van der Waals surface area contributed by atoms with Crippen LogP contribution < -0.4 is 11.1 Å². The summed E-state index contributed by atoms with van der Waals surface area (Å²) in [6.07, 6.45) is 3.82. The largest absolute Gasteiger partial charge is 0.480 e. The number of hydrogen-bond acceptors (Lipinski definition) is 5. The molecule has 7 nitrogen and oxygen atoms in total. The number of nitrogens with two attached hydrogens (primary N) is 1. The number of benzene rings is 1. The van der Waals surface area contributed by atoms with Gasteiger partial charge in [0.15, 0.2) is 0 Å². The molecule has 0 radical (unpaired) electrons. The summed E-state index contributed by atoms with van der Waals surface area (Å²) in [5, 5.41) is 12.2. The molecule has 1 aromatic carbocycles. The van der Waals surface area contributed by atoms with Crippen molar-refractivity contribution in [3.8, 4) is 0 Å². The van der Waals surface area contributed by atoms with Crippen molar-refractivity contribution < 1.29 is 14.7 Å². The van der Waals surface area contributed by atoms with Gasteiger partial charge in [0.25, 0.3) is 5.91 Å². The molecule has 23 heavy (non-hydrogen) atoms. The molecule has 0 aliphatic carbocycles. The lowest BCUT2D eigenvalue weighted by Crippen LogP contribution is -2.39. The van der Waals surface area contributed by atoms with Gasteiger partial charge in [-0.25, -0.2) is 4.98 Å². The molecule has 0 spiro atoms. The molecule has 120 valence electrons. The Balaban J connectivity index is 1.88. The van der Waals surface area contributed by atoms with E-state index in [2.05, 4.69) is 10.3 Å². The van der Waals surface area contributed by atoms with E-state index < -0.39 is 18.1 Å². The lowest BCUT2D eigenvalue weighted by molar-refractivity contribution is -0.138. The summed E-state index contributed by atoms with van der Waals surface area (Å²) in [4.78, 5) is 27.8. The summed E-state index contributed by atoms with van der Waals surface area (Å²) in [6, 6.07) is 6.29. The van der Waals surface area contributed by atoms with Crippen LogP contribution in [0.25, 0.3) is 0 Å². The minimum absolute atomic E-state index is 0.0510. The number of imidazole rings is 1. The number of nitrogens with zero attached hydrogens (tertiary/aromatic N) is 2. The van der Waals surface area contributed by atoms with E-state index in [9.17, 15) is 9.59 Å². The number of carbonyl (C=O) groups excluding carboxylic acids is 1. The monoisotopic (exact) mass is 314 g/mol. The van der Waals surface area contributed by atoms with E-state index in [4.69, 9.17) is 10.8 Å². The van der Waals surface area contributed by atoms with Crippen molar-refractivity contribution in [2.75, 3.05) is 6.54 Å². The van der Waals surface area contributed by atoms with Gasteiger partial charge in [-0.05, 0) is 17.5 Å². The Kier molecular flexibility index (Phi) is 4.22. The lowest BCUT2D eigenvalue weighted by Gasteiger charge is -2.26. The van der Waals surface area contributed by atoms with Gasteiger partial charge in [-0.1, -0.05) is 24.3 Å². The van der Waals surface area contributed by atoms with Crippen molar-refractivity contribution in [3.63, 3.8) is 0 Å². The van der Waals surface area contributed by atoms with Crippen LogP contribution >= 0.6 is 0 Å². The first-order valence-corrected chi connectivity index (χ1v) is 7.43. The highest BCUT2D eigenvalue weighted by Gasteiger charge is 2.28. The Bertz CT molecular complexity index is 740. The van der Waals surface area contributed by atoms with Crippen molar-refractivity contribution in [2.24, 2.45) is 5.73 Å². The highest BCUT2D eigenvalue weighted by atomic mass is 16.4. The van der Waals surface area contributed by atoms with E-state index in [0.29, 0.717) is 12.2 Å². The fourth-order valence-electron chi connectivity index (χ4n) is 2.85. The Morgan fingerprint density at radius 2 is 2.22 bits per heavy atom. The summed E-state index contributed by atoms with van der Waals surface area (Å²) < 4.78 is 1.39. The third-order valence-corrected chi connectivity index (χ3v) is 4.05. The molecule has 0 saturated heterocycles. The topological polar surface area (TPSA) is 110 Å². The maximum absolute atomic E-state index is 12.9. The molecule has 0 fully saturated rings. The second-order valence-electron chi connectivity index (χ2n) is 5.58. The van der Waals surface area contributed by atoms with Gasteiger partial charge in [0.05, 0.1) is 0 Å². The van der Waals surface area contributed by atoms with Gasteiger partial charge in [-0.3, -0.25) is 14.2 Å². The highest BCUT2D eigenvalue weighted by molar-refractivity contribution is 5.87. The maximum atomic E-state index is 12.9. The van der Waals surface area contributed by atoms with Crippen LogP contribution in [0.3, 0.4) is 0 Å².